The fraction of sp³-hybridized carbons (Fsp3) is 0.520. The molecule has 1 unspecified atom stereocenters. The maximum atomic E-state index is 13.7. The summed E-state index contributed by atoms with van der Waals surface area (Å²) in [6.45, 7) is 4.05. The van der Waals surface area contributed by atoms with E-state index >= 15 is 0 Å². The first-order valence-corrected chi connectivity index (χ1v) is 12.1. The van der Waals surface area contributed by atoms with Gasteiger partial charge in [-0.25, -0.2) is 9.56 Å². The van der Waals surface area contributed by atoms with Crippen molar-refractivity contribution in [3.05, 3.63) is 57.3 Å². The third-order valence-electron chi connectivity index (χ3n) is 6.99. The van der Waals surface area contributed by atoms with E-state index in [0.29, 0.717) is 44.4 Å². The molecule has 2 fully saturated rings. The lowest BCUT2D eigenvalue weighted by Gasteiger charge is -2.29. The monoisotopic (exact) mass is 490 g/mol. The minimum atomic E-state index is -4.65. The first-order valence-electron chi connectivity index (χ1n) is 12.1. The van der Waals surface area contributed by atoms with Gasteiger partial charge in [0, 0.05) is 24.2 Å². The lowest BCUT2D eigenvalue weighted by atomic mass is 10.0. The van der Waals surface area contributed by atoms with Gasteiger partial charge in [-0.3, -0.25) is 9.59 Å². The van der Waals surface area contributed by atoms with Crippen molar-refractivity contribution in [1.29, 1.82) is 0 Å². The number of nitrogens with zero attached hydrogens (tertiary/aromatic N) is 3. The van der Waals surface area contributed by atoms with Crippen LogP contribution in [-0.4, -0.2) is 59.9 Å². The second-order valence-corrected chi connectivity index (χ2v) is 9.20. The van der Waals surface area contributed by atoms with Gasteiger partial charge in [0.15, 0.2) is 18.8 Å². The van der Waals surface area contributed by atoms with Crippen LogP contribution in [0.15, 0.2) is 29.1 Å². The highest BCUT2D eigenvalue weighted by molar-refractivity contribution is 5.92. The number of carbonyl (C=O) groups is 1. The summed E-state index contributed by atoms with van der Waals surface area (Å²) >= 11 is 0. The average molecular weight is 491 g/mol. The van der Waals surface area contributed by atoms with Crippen molar-refractivity contribution in [2.24, 2.45) is 5.92 Å². The molecule has 1 aliphatic heterocycles. The number of pyridine rings is 2. The number of amides is 1. The maximum Gasteiger partial charge on any atom is 0.435 e. The molecule has 1 saturated heterocycles. The predicted octanol–water partition coefficient (Wildman–Crippen LogP) is 3.20. The van der Waals surface area contributed by atoms with E-state index in [9.17, 15) is 22.8 Å². The summed E-state index contributed by atoms with van der Waals surface area (Å²) in [6, 6.07) is 6.60. The second kappa shape index (κ2) is 10.2. The summed E-state index contributed by atoms with van der Waals surface area (Å²) in [5.41, 5.74) is 0.491. The molecule has 2 aromatic rings. The van der Waals surface area contributed by atoms with Gasteiger partial charge in [0.05, 0.1) is 18.8 Å². The molecule has 35 heavy (non-hydrogen) atoms. The molecular weight excluding hydrogens is 459 g/mol. The first-order chi connectivity index (χ1) is 16.7. The molecule has 2 aromatic heterocycles. The molecule has 2 atom stereocenters. The predicted molar refractivity (Wildman–Crippen MR) is 127 cm³/mol. The van der Waals surface area contributed by atoms with Crippen LogP contribution in [0.25, 0.3) is 0 Å². The number of aryl methyl sites for hydroxylation is 1. The molecule has 0 radical (unpaired) electrons. The Morgan fingerprint density at radius 3 is 2.60 bits per heavy atom. The Labute approximate surface area is 202 Å². The number of alkyl halides is 3. The summed E-state index contributed by atoms with van der Waals surface area (Å²) < 4.78 is 43.2. The largest absolute Gasteiger partial charge is 0.435 e. The van der Waals surface area contributed by atoms with Crippen molar-refractivity contribution in [2.45, 2.75) is 44.7 Å². The van der Waals surface area contributed by atoms with Crippen LogP contribution >= 0.6 is 0 Å². The lowest BCUT2D eigenvalue weighted by Crippen LogP contribution is -2.43. The molecule has 188 valence electrons. The zero-order valence-corrected chi connectivity index (χ0v) is 20.0. The third-order valence-corrected chi connectivity index (χ3v) is 6.99. The van der Waals surface area contributed by atoms with Gasteiger partial charge >= 0.3 is 6.18 Å². The first kappa shape index (κ1) is 24.9. The van der Waals surface area contributed by atoms with Crippen molar-refractivity contribution in [1.82, 2.24) is 15.3 Å². The standard InChI is InChI=1S/C25H30F3N5O2/c1-3-17-6-7-19(31-23(17)34)18-5-4-16(14-18)15-32-10-12-33(13-11-32)21-9-8-20(24(35)29-2)30-22(21)25(26,27)28/h6-9,15-16,18H,3-5,10-14H2,1-2H3,(H-,29,31,34,35)/p+1/t16?,18-/m1/s1. The number of anilines is 1. The van der Waals surface area contributed by atoms with Crippen LogP contribution in [0.1, 0.15) is 59.5 Å². The summed E-state index contributed by atoms with van der Waals surface area (Å²) in [5, 5.41) is 2.31. The Balaban J connectivity index is 1.41. The van der Waals surface area contributed by atoms with Crippen molar-refractivity contribution < 1.29 is 22.5 Å². The molecule has 1 saturated carbocycles. The van der Waals surface area contributed by atoms with Crippen LogP contribution in [-0.2, 0) is 12.6 Å². The maximum absolute atomic E-state index is 13.7. The minimum absolute atomic E-state index is 0.00483. The molecule has 0 bridgehead atoms. The van der Waals surface area contributed by atoms with Gasteiger partial charge in [0.1, 0.15) is 11.9 Å². The minimum Gasteiger partial charge on any atom is -0.357 e. The van der Waals surface area contributed by atoms with Crippen LogP contribution in [0.3, 0.4) is 0 Å². The number of halogens is 3. The molecule has 2 N–H and O–H groups in total. The van der Waals surface area contributed by atoms with Crippen LogP contribution in [0.5, 0.6) is 0 Å². The third kappa shape index (κ3) is 5.57. The zero-order valence-electron chi connectivity index (χ0n) is 20.0. The molecule has 2 aliphatic rings. The number of H-pyrrole nitrogens is 1. The molecule has 1 amide bonds. The second-order valence-electron chi connectivity index (χ2n) is 9.20. The van der Waals surface area contributed by atoms with Crippen molar-refractivity contribution in [3.8, 4) is 0 Å². The van der Waals surface area contributed by atoms with E-state index in [0.717, 1.165) is 30.5 Å². The van der Waals surface area contributed by atoms with E-state index in [4.69, 9.17) is 0 Å². The van der Waals surface area contributed by atoms with E-state index in [1.165, 1.54) is 19.2 Å². The topological polar surface area (TPSA) is 81.1 Å². The van der Waals surface area contributed by atoms with E-state index in [1.807, 2.05) is 19.1 Å². The summed E-state index contributed by atoms with van der Waals surface area (Å²) in [4.78, 5) is 32.3. The Morgan fingerprint density at radius 1 is 1.23 bits per heavy atom. The molecular formula is C25H31F3N5O2+. The summed E-state index contributed by atoms with van der Waals surface area (Å²) in [6.07, 6.45) is 1.24. The van der Waals surface area contributed by atoms with Gasteiger partial charge in [-0.15, -0.1) is 0 Å². The van der Waals surface area contributed by atoms with Crippen molar-refractivity contribution in [3.63, 3.8) is 0 Å². The molecule has 7 nitrogen and oxygen atoms in total. The fourth-order valence-corrected chi connectivity index (χ4v) is 5.05. The van der Waals surface area contributed by atoms with Crippen molar-refractivity contribution in [2.75, 3.05) is 38.1 Å². The Bertz CT molecular complexity index is 1160. The van der Waals surface area contributed by atoms with Gasteiger partial charge in [-0.1, -0.05) is 13.0 Å². The number of hydrogen-bond acceptors (Lipinski definition) is 4. The molecule has 0 spiro atoms. The number of carbonyl (C=O) groups excluding carboxylic acids is 1. The van der Waals surface area contributed by atoms with Crippen LogP contribution in [0.4, 0.5) is 18.9 Å². The molecule has 10 heteroatoms. The molecule has 1 aliphatic carbocycles. The van der Waals surface area contributed by atoms with Crippen molar-refractivity contribution >= 4 is 17.8 Å². The lowest BCUT2D eigenvalue weighted by molar-refractivity contribution is -0.527. The number of aromatic amines is 1. The van der Waals surface area contributed by atoms with Gasteiger partial charge in [-0.05, 0) is 49.8 Å². The number of nitrogens with one attached hydrogen (secondary N) is 2. The van der Waals surface area contributed by atoms with Gasteiger partial charge in [-0.2, -0.15) is 13.2 Å². The van der Waals surface area contributed by atoms with Gasteiger partial charge < -0.3 is 15.2 Å². The number of piperazine rings is 1. The Morgan fingerprint density at radius 2 is 1.97 bits per heavy atom. The number of aromatic nitrogens is 2. The van der Waals surface area contributed by atoms with E-state index in [-0.39, 0.29) is 16.9 Å². The highest BCUT2D eigenvalue weighted by Crippen LogP contribution is 2.37. The normalized spacial score (nSPS) is 20.7. The van der Waals surface area contributed by atoms with Crippen LogP contribution in [0, 0.1) is 5.92 Å². The highest BCUT2D eigenvalue weighted by atomic mass is 19.4. The number of rotatable bonds is 5. The zero-order chi connectivity index (χ0) is 25.2. The average Bonchev–Trinajstić information content (AvgIpc) is 3.31. The SMILES string of the molecule is CCc1ccc([C@@H]2CCC(C=[N+]3CCN(c4ccc(C(=O)NC)nc4C(F)(F)F)CC3)C2)[nH]c1=O. The van der Waals surface area contributed by atoms with E-state index in [1.54, 1.807) is 4.90 Å². The van der Waals surface area contributed by atoms with Gasteiger partial charge in [0.25, 0.3) is 11.5 Å². The van der Waals surface area contributed by atoms with Crippen LogP contribution < -0.4 is 15.8 Å². The number of hydrogen-bond donors (Lipinski definition) is 2. The Kier molecular flexibility index (Phi) is 7.28. The molecule has 3 heterocycles. The highest BCUT2D eigenvalue weighted by Gasteiger charge is 2.39. The van der Waals surface area contributed by atoms with Gasteiger partial charge in [0.2, 0.25) is 0 Å². The molecule has 4 rings (SSSR count). The van der Waals surface area contributed by atoms with E-state index < -0.39 is 17.8 Å². The fourth-order valence-electron chi connectivity index (χ4n) is 5.05. The van der Waals surface area contributed by atoms with Crippen LogP contribution in [0.2, 0.25) is 0 Å². The summed E-state index contributed by atoms with van der Waals surface area (Å²) in [7, 11) is 1.36. The summed E-state index contributed by atoms with van der Waals surface area (Å²) in [5.74, 6) is 0.0391. The quantitative estimate of drug-likeness (QED) is 0.631. The smallest absolute Gasteiger partial charge is 0.357 e. The molecule has 0 aromatic carbocycles. The van der Waals surface area contributed by atoms with E-state index in [2.05, 4.69) is 26.1 Å². The Hall–Kier alpha value is -3.17.